The minimum atomic E-state index is -0.0804. The first-order chi connectivity index (χ1) is 23.1. The molecule has 3 heterocycles. The molecule has 1 aliphatic carbocycles. The van der Waals surface area contributed by atoms with Crippen LogP contribution in [0.25, 0.3) is 83.3 Å². The Balaban J connectivity index is 1.32. The standard InChI is InChI=1S/C43H29N3O/c1-43(2)31-20-10-6-16-27(31)37-32(43)24-25-35-38(37)28-17-7-11-21-33(28)46(35)34-22-12-8-18-29(34)39-41-40(30-19-9-13-23-36(30)47-41)45-42(44-39)26-14-4-3-5-15-26/h3-25H,1-2H3. The minimum Gasteiger partial charge on any atom is -0.452 e. The van der Waals surface area contributed by atoms with Gasteiger partial charge in [0, 0.05) is 32.7 Å². The molecule has 6 aromatic carbocycles. The lowest BCUT2D eigenvalue weighted by Crippen LogP contribution is -2.14. The average Bonchev–Trinajstić information content (AvgIpc) is 3.74. The lowest BCUT2D eigenvalue weighted by Gasteiger charge is -2.21. The summed E-state index contributed by atoms with van der Waals surface area (Å²) < 4.78 is 8.97. The van der Waals surface area contributed by atoms with Crippen molar-refractivity contribution in [2.45, 2.75) is 19.3 Å². The Kier molecular flexibility index (Phi) is 5.31. The molecule has 1 aliphatic rings. The van der Waals surface area contributed by atoms with E-state index in [0.29, 0.717) is 11.4 Å². The molecule has 4 heteroatoms. The number of benzene rings is 6. The maximum absolute atomic E-state index is 6.56. The maximum Gasteiger partial charge on any atom is 0.180 e. The van der Waals surface area contributed by atoms with Gasteiger partial charge in [-0.15, -0.1) is 0 Å². The van der Waals surface area contributed by atoms with Crippen LogP contribution in [-0.2, 0) is 5.41 Å². The third-order valence-electron chi connectivity index (χ3n) is 10.0. The van der Waals surface area contributed by atoms with E-state index in [4.69, 9.17) is 14.4 Å². The molecular weight excluding hydrogens is 574 g/mol. The van der Waals surface area contributed by atoms with Gasteiger partial charge in [-0.25, -0.2) is 9.97 Å². The summed E-state index contributed by atoms with van der Waals surface area (Å²) in [7, 11) is 0. The number of hydrogen-bond acceptors (Lipinski definition) is 3. The van der Waals surface area contributed by atoms with Gasteiger partial charge < -0.3 is 8.98 Å². The Hall–Kier alpha value is -6.00. The van der Waals surface area contributed by atoms with Crippen molar-refractivity contribution in [1.29, 1.82) is 0 Å². The molecule has 0 fully saturated rings. The number of fused-ring (bicyclic) bond motifs is 10. The van der Waals surface area contributed by atoms with Crippen molar-refractivity contribution in [2.24, 2.45) is 0 Å². The number of rotatable bonds is 3. The summed E-state index contributed by atoms with van der Waals surface area (Å²) in [6.45, 7) is 4.69. The highest BCUT2D eigenvalue weighted by molar-refractivity contribution is 6.18. The Morgan fingerprint density at radius 1 is 0.574 bits per heavy atom. The van der Waals surface area contributed by atoms with Gasteiger partial charge in [0.05, 0.1) is 16.7 Å². The van der Waals surface area contributed by atoms with E-state index >= 15 is 0 Å². The first-order valence-electron chi connectivity index (χ1n) is 16.1. The molecular formula is C43H29N3O. The Morgan fingerprint density at radius 2 is 1.28 bits per heavy atom. The van der Waals surface area contributed by atoms with Gasteiger partial charge in [0.25, 0.3) is 0 Å². The largest absolute Gasteiger partial charge is 0.452 e. The molecule has 0 saturated carbocycles. The fourth-order valence-corrected chi connectivity index (χ4v) is 7.87. The molecule has 0 aliphatic heterocycles. The summed E-state index contributed by atoms with van der Waals surface area (Å²) in [5.41, 5.74) is 13.7. The summed E-state index contributed by atoms with van der Waals surface area (Å²) >= 11 is 0. The molecule has 0 bridgehead atoms. The first kappa shape index (κ1) is 26.2. The van der Waals surface area contributed by atoms with Crippen molar-refractivity contribution in [3.05, 3.63) is 151 Å². The van der Waals surface area contributed by atoms with Crippen LogP contribution in [0.15, 0.2) is 144 Å². The third-order valence-corrected chi connectivity index (χ3v) is 10.0. The fraction of sp³-hybridized carbons (Fsp3) is 0.0698. The SMILES string of the molecule is CC1(C)c2ccccc2-c2c1ccc1c2c2ccccc2n1-c1ccccc1-c1nc(-c2ccccc2)nc2c1oc1ccccc12. The summed E-state index contributed by atoms with van der Waals surface area (Å²) in [6, 6.07) is 49.2. The smallest absolute Gasteiger partial charge is 0.180 e. The summed E-state index contributed by atoms with van der Waals surface area (Å²) in [5, 5.41) is 3.50. The zero-order chi connectivity index (χ0) is 31.3. The second kappa shape index (κ2) is 9.51. The minimum absolute atomic E-state index is 0.0804. The van der Waals surface area contributed by atoms with Crippen LogP contribution in [0, 0.1) is 0 Å². The van der Waals surface area contributed by atoms with Crippen molar-refractivity contribution in [1.82, 2.24) is 14.5 Å². The van der Waals surface area contributed by atoms with Crippen LogP contribution in [0.3, 0.4) is 0 Å². The highest BCUT2D eigenvalue weighted by Gasteiger charge is 2.37. The van der Waals surface area contributed by atoms with Gasteiger partial charge in [0.1, 0.15) is 16.8 Å². The Bertz CT molecular complexity index is 2710. The van der Waals surface area contributed by atoms with E-state index in [1.807, 2.05) is 36.4 Å². The molecule has 9 aromatic rings. The molecule has 0 spiro atoms. The highest BCUT2D eigenvalue weighted by atomic mass is 16.3. The van der Waals surface area contributed by atoms with E-state index in [1.165, 1.54) is 38.5 Å². The number of para-hydroxylation sites is 3. The maximum atomic E-state index is 6.56. The van der Waals surface area contributed by atoms with Crippen molar-refractivity contribution in [2.75, 3.05) is 0 Å². The lowest BCUT2D eigenvalue weighted by atomic mass is 9.82. The van der Waals surface area contributed by atoms with Crippen molar-refractivity contribution < 1.29 is 4.42 Å². The van der Waals surface area contributed by atoms with E-state index in [-0.39, 0.29) is 5.41 Å². The topological polar surface area (TPSA) is 43.9 Å². The van der Waals surface area contributed by atoms with Gasteiger partial charge >= 0.3 is 0 Å². The molecule has 0 amide bonds. The van der Waals surface area contributed by atoms with Crippen LogP contribution < -0.4 is 0 Å². The van der Waals surface area contributed by atoms with Crippen LogP contribution in [0.2, 0.25) is 0 Å². The molecule has 3 aromatic heterocycles. The quantitative estimate of drug-likeness (QED) is 0.202. The van der Waals surface area contributed by atoms with Crippen LogP contribution in [-0.4, -0.2) is 14.5 Å². The van der Waals surface area contributed by atoms with Gasteiger partial charge in [-0.2, -0.15) is 0 Å². The van der Waals surface area contributed by atoms with E-state index in [9.17, 15) is 0 Å². The zero-order valence-electron chi connectivity index (χ0n) is 26.0. The predicted octanol–water partition coefficient (Wildman–Crippen LogP) is 11.1. The van der Waals surface area contributed by atoms with Crippen molar-refractivity contribution in [3.8, 4) is 39.5 Å². The van der Waals surface area contributed by atoms with Crippen LogP contribution >= 0.6 is 0 Å². The number of nitrogens with zero attached hydrogens (tertiary/aromatic N) is 3. The van der Waals surface area contributed by atoms with Gasteiger partial charge in [-0.05, 0) is 52.6 Å². The first-order valence-corrected chi connectivity index (χ1v) is 16.1. The van der Waals surface area contributed by atoms with Gasteiger partial charge in [0.15, 0.2) is 11.4 Å². The zero-order valence-corrected chi connectivity index (χ0v) is 26.0. The highest BCUT2D eigenvalue weighted by Crippen LogP contribution is 2.53. The number of furan rings is 1. The molecule has 0 unspecified atom stereocenters. The lowest BCUT2D eigenvalue weighted by molar-refractivity contribution is 0.661. The van der Waals surface area contributed by atoms with Gasteiger partial charge in [0.2, 0.25) is 0 Å². The summed E-state index contributed by atoms with van der Waals surface area (Å²) in [6.07, 6.45) is 0. The van der Waals surface area contributed by atoms with E-state index in [2.05, 4.69) is 122 Å². The van der Waals surface area contributed by atoms with Crippen molar-refractivity contribution >= 4 is 43.9 Å². The molecule has 4 nitrogen and oxygen atoms in total. The number of hydrogen-bond donors (Lipinski definition) is 0. The van der Waals surface area contributed by atoms with E-state index < -0.39 is 0 Å². The second-order valence-corrected chi connectivity index (χ2v) is 13.0. The monoisotopic (exact) mass is 603 g/mol. The molecule has 0 atom stereocenters. The van der Waals surface area contributed by atoms with Crippen molar-refractivity contribution in [3.63, 3.8) is 0 Å². The molecule has 222 valence electrons. The van der Waals surface area contributed by atoms with E-state index in [0.717, 1.165) is 44.5 Å². The second-order valence-electron chi connectivity index (χ2n) is 13.0. The van der Waals surface area contributed by atoms with Crippen LogP contribution in [0.5, 0.6) is 0 Å². The van der Waals surface area contributed by atoms with Crippen LogP contribution in [0.4, 0.5) is 0 Å². The molecule has 0 saturated heterocycles. The summed E-state index contributed by atoms with van der Waals surface area (Å²) in [5.74, 6) is 0.674. The Morgan fingerprint density at radius 3 is 2.15 bits per heavy atom. The molecule has 47 heavy (non-hydrogen) atoms. The average molecular weight is 604 g/mol. The van der Waals surface area contributed by atoms with Crippen LogP contribution in [0.1, 0.15) is 25.0 Å². The molecule has 0 N–H and O–H groups in total. The molecule has 0 radical (unpaired) electrons. The number of aromatic nitrogens is 3. The molecule has 10 rings (SSSR count). The van der Waals surface area contributed by atoms with Gasteiger partial charge in [-0.1, -0.05) is 123 Å². The normalized spacial score (nSPS) is 13.5. The van der Waals surface area contributed by atoms with E-state index in [1.54, 1.807) is 0 Å². The van der Waals surface area contributed by atoms with Gasteiger partial charge in [-0.3, -0.25) is 0 Å². The third kappa shape index (κ3) is 3.58. The fourth-order valence-electron chi connectivity index (χ4n) is 7.87. The Labute approximate surface area is 271 Å². The summed E-state index contributed by atoms with van der Waals surface area (Å²) in [4.78, 5) is 10.3. The predicted molar refractivity (Wildman–Crippen MR) is 192 cm³/mol.